The van der Waals surface area contributed by atoms with Crippen molar-refractivity contribution >= 4 is 17.5 Å². The molecule has 0 spiro atoms. The molecule has 2 N–H and O–H groups in total. The molecule has 2 aromatic rings. The number of amides is 2. The van der Waals surface area contributed by atoms with Crippen LogP contribution in [0.4, 0.5) is 10.1 Å². The van der Waals surface area contributed by atoms with Crippen molar-refractivity contribution in [1.29, 1.82) is 0 Å². The molecule has 1 atom stereocenters. The zero-order valence-electron chi connectivity index (χ0n) is 13.9. The molecule has 0 bridgehead atoms. The summed E-state index contributed by atoms with van der Waals surface area (Å²) < 4.78 is 19.0. The van der Waals surface area contributed by atoms with Gasteiger partial charge in [0.15, 0.2) is 6.04 Å². The number of carbonyl (C=O) groups excluding carboxylic acids is 2. The molecule has 0 aliphatic carbocycles. The minimum Gasteiger partial charge on any atom is -0.497 e. The van der Waals surface area contributed by atoms with Crippen LogP contribution in [0.3, 0.4) is 0 Å². The van der Waals surface area contributed by atoms with Gasteiger partial charge in [0, 0.05) is 6.42 Å². The summed E-state index contributed by atoms with van der Waals surface area (Å²) in [5, 5.41) is 1.85. The lowest BCUT2D eigenvalue weighted by molar-refractivity contribution is -0.674. The fourth-order valence-electron chi connectivity index (χ4n) is 2.97. The Morgan fingerprint density at radius 3 is 2.56 bits per heavy atom. The predicted octanol–water partition coefficient (Wildman–Crippen LogP) is 1.27. The van der Waals surface area contributed by atoms with Gasteiger partial charge >= 0.3 is 0 Å². The first kappa shape index (κ1) is 17.1. The van der Waals surface area contributed by atoms with Gasteiger partial charge in [-0.3, -0.25) is 9.59 Å². The lowest BCUT2D eigenvalue weighted by Gasteiger charge is -2.14. The number of ether oxygens (including phenoxy) is 1. The number of carbonyl (C=O) groups is 2. The van der Waals surface area contributed by atoms with E-state index in [1.807, 2.05) is 29.6 Å². The number of nitrogens with zero attached hydrogens (tertiary/aromatic N) is 1. The minimum absolute atomic E-state index is 0.0311. The Balaban J connectivity index is 1.59. The third kappa shape index (κ3) is 3.69. The molecular weight excluding hydrogens is 323 g/mol. The number of rotatable bonds is 6. The number of hydrogen-bond acceptors (Lipinski definition) is 3. The lowest BCUT2D eigenvalue weighted by atomic mass is 10.1. The average Bonchev–Trinajstić information content (AvgIpc) is 2.90. The normalized spacial score (nSPS) is 17.2. The summed E-state index contributed by atoms with van der Waals surface area (Å²) >= 11 is 0. The second-order valence-electron chi connectivity index (χ2n) is 5.95. The Kier molecular flexibility index (Phi) is 5.09. The molecule has 3 rings (SSSR count). The monoisotopic (exact) mass is 343 g/mol. The highest BCUT2D eigenvalue weighted by Gasteiger charge is 2.42. The Morgan fingerprint density at radius 1 is 1.16 bits per heavy atom. The Hall–Kier alpha value is -2.73. The summed E-state index contributed by atoms with van der Waals surface area (Å²) in [5.41, 5.74) is 1.16. The lowest BCUT2D eigenvalue weighted by Crippen LogP contribution is -2.92. The van der Waals surface area contributed by atoms with Gasteiger partial charge in [0.05, 0.1) is 25.8 Å². The Labute approximate surface area is 145 Å². The van der Waals surface area contributed by atoms with Crippen molar-refractivity contribution in [3.63, 3.8) is 0 Å². The second-order valence-corrected chi connectivity index (χ2v) is 5.95. The maximum atomic E-state index is 13.9. The Morgan fingerprint density at radius 2 is 1.88 bits per heavy atom. The maximum absolute atomic E-state index is 13.9. The van der Waals surface area contributed by atoms with Gasteiger partial charge in [0.1, 0.15) is 11.6 Å². The summed E-state index contributed by atoms with van der Waals surface area (Å²) in [5.74, 6) is -0.487. The molecule has 6 heteroatoms. The third-order valence-electron chi connectivity index (χ3n) is 4.32. The van der Waals surface area contributed by atoms with Crippen molar-refractivity contribution in [3.05, 3.63) is 59.9 Å². The molecule has 5 nitrogen and oxygen atoms in total. The van der Waals surface area contributed by atoms with Gasteiger partial charge in [-0.15, -0.1) is 0 Å². The van der Waals surface area contributed by atoms with E-state index in [0.717, 1.165) is 22.6 Å². The van der Waals surface area contributed by atoms with Crippen LogP contribution < -0.4 is 15.0 Å². The van der Waals surface area contributed by atoms with E-state index in [2.05, 4.69) is 0 Å². The van der Waals surface area contributed by atoms with E-state index in [1.165, 1.54) is 18.2 Å². The smallest absolute Gasteiger partial charge is 0.292 e. The highest BCUT2D eigenvalue weighted by Crippen LogP contribution is 2.24. The SMILES string of the molecule is COc1ccc(CC[NH2+][C@@H]2CC(=O)N(c3ccccc3F)C2=O)cc1. The highest BCUT2D eigenvalue weighted by molar-refractivity contribution is 6.21. The number of nitrogens with two attached hydrogens (primary N) is 1. The van der Waals surface area contributed by atoms with E-state index >= 15 is 0 Å². The fraction of sp³-hybridized carbons (Fsp3) is 0.263. The van der Waals surface area contributed by atoms with Crippen LogP contribution in [-0.2, 0) is 16.0 Å². The number of imide groups is 1. The number of benzene rings is 2. The molecule has 0 saturated carbocycles. The van der Waals surface area contributed by atoms with E-state index in [0.29, 0.717) is 6.54 Å². The van der Waals surface area contributed by atoms with E-state index in [-0.39, 0.29) is 23.9 Å². The molecule has 2 aromatic carbocycles. The van der Waals surface area contributed by atoms with Crippen LogP contribution in [-0.4, -0.2) is 31.5 Å². The number of hydrogen-bond donors (Lipinski definition) is 1. The fourth-order valence-corrected chi connectivity index (χ4v) is 2.97. The summed E-state index contributed by atoms with van der Waals surface area (Å²) in [6, 6.07) is 13.1. The van der Waals surface area contributed by atoms with Crippen LogP contribution in [0.5, 0.6) is 5.75 Å². The largest absolute Gasteiger partial charge is 0.497 e. The molecule has 1 fully saturated rings. The van der Waals surface area contributed by atoms with Crippen molar-refractivity contribution in [3.8, 4) is 5.75 Å². The van der Waals surface area contributed by atoms with Crippen molar-refractivity contribution in [1.82, 2.24) is 0 Å². The second kappa shape index (κ2) is 7.44. The summed E-state index contributed by atoms with van der Waals surface area (Å²) in [6.45, 7) is 0.668. The quantitative estimate of drug-likeness (QED) is 0.804. The van der Waals surface area contributed by atoms with Crippen LogP contribution in [0, 0.1) is 5.82 Å². The number of quaternary nitrogens is 1. The number of para-hydroxylation sites is 1. The van der Waals surface area contributed by atoms with E-state index in [1.54, 1.807) is 13.2 Å². The van der Waals surface area contributed by atoms with Crippen LogP contribution in [0.1, 0.15) is 12.0 Å². The van der Waals surface area contributed by atoms with Crippen LogP contribution in [0.2, 0.25) is 0 Å². The third-order valence-corrected chi connectivity index (χ3v) is 4.32. The molecule has 1 saturated heterocycles. The first-order valence-electron chi connectivity index (χ1n) is 8.17. The average molecular weight is 343 g/mol. The molecular formula is C19H20FN2O3+. The van der Waals surface area contributed by atoms with E-state index in [9.17, 15) is 14.0 Å². The molecule has 0 aromatic heterocycles. The van der Waals surface area contributed by atoms with Gasteiger partial charge < -0.3 is 10.1 Å². The van der Waals surface area contributed by atoms with Crippen molar-refractivity contribution in [2.24, 2.45) is 0 Å². The molecule has 1 aliphatic heterocycles. The van der Waals surface area contributed by atoms with Gasteiger partial charge in [-0.05, 0) is 29.8 Å². The van der Waals surface area contributed by atoms with E-state index in [4.69, 9.17) is 4.74 Å². The highest BCUT2D eigenvalue weighted by atomic mass is 19.1. The number of methoxy groups -OCH3 is 1. The Bertz CT molecular complexity index is 776. The van der Waals surface area contributed by atoms with Crippen molar-refractivity contribution in [2.45, 2.75) is 18.9 Å². The standard InChI is InChI=1S/C19H19FN2O3/c1-25-14-8-6-13(7-9-14)10-11-21-16-12-18(23)22(19(16)24)17-5-3-2-4-15(17)20/h2-9,16,21H,10-12H2,1H3/p+1/t16-/m1/s1. The van der Waals surface area contributed by atoms with E-state index < -0.39 is 11.9 Å². The first-order valence-corrected chi connectivity index (χ1v) is 8.17. The summed E-state index contributed by atoms with van der Waals surface area (Å²) in [6.07, 6.45) is 0.859. The number of halogens is 1. The number of anilines is 1. The molecule has 25 heavy (non-hydrogen) atoms. The summed E-state index contributed by atoms with van der Waals surface area (Å²) in [7, 11) is 1.62. The molecule has 130 valence electrons. The van der Waals surface area contributed by atoms with Crippen LogP contribution in [0.25, 0.3) is 0 Å². The molecule has 0 radical (unpaired) electrons. The topological polar surface area (TPSA) is 63.2 Å². The molecule has 0 unspecified atom stereocenters. The van der Waals surface area contributed by atoms with Gasteiger partial charge in [-0.1, -0.05) is 24.3 Å². The van der Waals surface area contributed by atoms with Gasteiger partial charge in [0.25, 0.3) is 5.91 Å². The van der Waals surface area contributed by atoms with Crippen molar-refractivity contribution in [2.75, 3.05) is 18.6 Å². The molecule has 2 amide bonds. The zero-order valence-corrected chi connectivity index (χ0v) is 13.9. The van der Waals surface area contributed by atoms with Gasteiger partial charge in [0.2, 0.25) is 5.91 Å². The van der Waals surface area contributed by atoms with Crippen molar-refractivity contribution < 1.29 is 24.0 Å². The maximum Gasteiger partial charge on any atom is 0.292 e. The molecule has 1 aliphatic rings. The van der Waals surface area contributed by atoms with Gasteiger partial charge in [-0.2, -0.15) is 0 Å². The predicted molar refractivity (Wildman–Crippen MR) is 90.8 cm³/mol. The van der Waals surface area contributed by atoms with Gasteiger partial charge in [-0.25, -0.2) is 9.29 Å². The zero-order chi connectivity index (χ0) is 17.8. The van der Waals surface area contributed by atoms with Crippen LogP contribution in [0.15, 0.2) is 48.5 Å². The minimum atomic E-state index is -0.567. The first-order chi connectivity index (χ1) is 12.1. The van der Waals surface area contributed by atoms with Crippen LogP contribution >= 0.6 is 0 Å². The molecule has 1 heterocycles. The summed E-state index contributed by atoms with van der Waals surface area (Å²) in [4.78, 5) is 25.6.